The van der Waals surface area contributed by atoms with E-state index in [1.807, 2.05) is 32.0 Å². The summed E-state index contributed by atoms with van der Waals surface area (Å²) in [5, 5.41) is 3.11. The van der Waals surface area contributed by atoms with E-state index in [2.05, 4.69) is 10.3 Å². The van der Waals surface area contributed by atoms with Crippen molar-refractivity contribution in [2.24, 2.45) is 17.8 Å². The first-order valence-corrected chi connectivity index (χ1v) is 7.98. The van der Waals surface area contributed by atoms with Crippen LogP contribution in [0.2, 0.25) is 0 Å². The zero-order valence-electron chi connectivity index (χ0n) is 13.2. The van der Waals surface area contributed by atoms with E-state index in [9.17, 15) is 4.79 Å². The molecule has 1 N–H and O–H groups in total. The fourth-order valence-corrected chi connectivity index (χ4v) is 4.18. The van der Waals surface area contributed by atoms with Crippen LogP contribution in [0, 0.1) is 24.7 Å². The summed E-state index contributed by atoms with van der Waals surface area (Å²) >= 11 is 0. The quantitative estimate of drug-likeness (QED) is 0.926. The predicted molar refractivity (Wildman–Crippen MR) is 84.4 cm³/mol. The Kier molecular flexibility index (Phi) is 3.87. The molecule has 3 unspecified atom stereocenters. The van der Waals surface area contributed by atoms with Gasteiger partial charge >= 0.3 is 0 Å². The van der Waals surface area contributed by atoms with Gasteiger partial charge in [0.25, 0.3) is 5.91 Å². The van der Waals surface area contributed by atoms with Crippen LogP contribution >= 0.6 is 0 Å². The number of pyridine rings is 1. The SMILES string of the molecule is CNc1cc(C)ncc1C(=O)N(C)CC1CC2CCC1C2. The lowest BCUT2D eigenvalue weighted by atomic mass is 9.88. The standard InChI is InChI=1S/C17H25N3O/c1-11-6-16(18-2)15(9-19-11)17(21)20(3)10-14-8-12-4-5-13(14)7-12/h6,9,12-14H,4-5,7-8,10H2,1-3H3,(H,18,19). The van der Waals surface area contributed by atoms with Gasteiger partial charge < -0.3 is 10.2 Å². The fourth-order valence-electron chi connectivity index (χ4n) is 4.18. The number of carbonyl (C=O) groups excluding carboxylic acids is 1. The molecule has 3 rings (SSSR count). The molecule has 1 aromatic rings. The first kappa shape index (κ1) is 14.4. The summed E-state index contributed by atoms with van der Waals surface area (Å²) in [5.41, 5.74) is 2.47. The van der Waals surface area contributed by atoms with E-state index in [0.717, 1.165) is 29.8 Å². The Morgan fingerprint density at radius 3 is 2.86 bits per heavy atom. The Hall–Kier alpha value is -1.58. The molecule has 0 aromatic carbocycles. The Balaban J connectivity index is 1.70. The van der Waals surface area contributed by atoms with Crippen LogP contribution in [0.15, 0.2) is 12.3 Å². The Morgan fingerprint density at radius 1 is 1.43 bits per heavy atom. The minimum absolute atomic E-state index is 0.0784. The molecule has 1 heterocycles. The molecule has 2 bridgehead atoms. The van der Waals surface area contributed by atoms with Crippen molar-refractivity contribution >= 4 is 11.6 Å². The molecule has 0 saturated heterocycles. The minimum Gasteiger partial charge on any atom is -0.387 e. The van der Waals surface area contributed by atoms with E-state index in [1.165, 1.54) is 25.7 Å². The number of amides is 1. The molecule has 114 valence electrons. The van der Waals surface area contributed by atoms with Crippen LogP contribution < -0.4 is 5.32 Å². The number of aryl methyl sites for hydroxylation is 1. The summed E-state index contributed by atoms with van der Waals surface area (Å²) < 4.78 is 0. The van der Waals surface area contributed by atoms with Crippen LogP contribution in [-0.4, -0.2) is 36.4 Å². The molecule has 4 nitrogen and oxygen atoms in total. The summed E-state index contributed by atoms with van der Waals surface area (Å²) in [7, 11) is 3.77. The number of rotatable bonds is 4. The highest BCUT2D eigenvalue weighted by Crippen LogP contribution is 2.48. The number of anilines is 1. The highest BCUT2D eigenvalue weighted by Gasteiger charge is 2.40. The molecule has 4 heteroatoms. The lowest BCUT2D eigenvalue weighted by molar-refractivity contribution is 0.0755. The van der Waals surface area contributed by atoms with Crippen molar-refractivity contribution in [1.29, 1.82) is 0 Å². The summed E-state index contributed by atoms with van der Waals surface area (Å²) in [6.45, 7) is 2.82. The molecule has 2 fully saturated rings. The first-order chi connectivity index (χ1) is 10.1. The molecule has 1 amide bonds. The van der Waals surface area contributed by atoms with Gasteiger partial charge in [-0.3, -0.25) is 9.78 Å². The van der Waals surface area contributed by atoms with E-state index in [-0.39, 0.29) is 5.91 Å². The summed E-state index contributed by atoms with van der Waals surface area (Å²) in [6.07, 6.45) is 7.17. The van der Waals surface area contributed by atoms with Crippen molar-refractivity contribution in [2.45, 2.75) is 32.6 Å². The Labute approximate surface area is 126 Å². The number of hydrogen-bond acceptors (Lipinski definition) is 3. The highest BCUT2D eigenvalue weighted by atomic mass is 16.2. The van der Waals surface area contributed by atoms with Crippen molar-refractivity contribution in [2.75, 3.05) is 26.0 Å². The van der Waals surface area contributed by atoms with Crippen LogP contribution in [0.4, 0.5) is 5.69 Å². The Morgan fingerprint density at radius 2 is 2.24 bits per heavy atom. The number of aromatic nitrogens is 1. The van der Waals surface area contributed by atoms with Crippen LogP contribution in [0.5, 0.6) is 0 Å². The van der Waals surface area contributed by atoms with Crippen LogP contribution in [0.25, 0.3) is 0 Å². The summed E-state index contributed by atoms with van der Waals surface area (Å²) in [4.78, 5) is 18.8. The third-order valence-electron chi connectivity index (χ3n) is 5.28. The monoisotopic (exact) mass is 287 g/mol. The second-order valence-electron chi connectivity index (χ2n) is 6.74. The van der Waals surface area contributed by atoms with Crippen LogP contribution in [-0.2, 0) is 0 Å². The topological polar surface area (TPSA) is 45.2 Å². The number of carbonyl (C=O) groups is 1. The molecular formula is C17H25N3O. The predicted octanol–water partition coefficient (Wildman–Crippen LogP) is 2.94. The lowest BCUT2D eigenvalue weighted by Gasteiger charge is -2.27. The van der Waals surface area contributed by atoms with Crippen molar-refractivity contribution in [1.82, 2.24) is 9.88 Å². The molecule has 2 aliphatic rings. The third-order valence-corrected chi connectivity index (χ3v) is 5.28. The second kappa shape index (κ2) is 5.66. The number of nitrogens with zero attached hydrogens (tertiary/aromatic N) is 2. The minimum atomic E-state index is 0.0784. The molecule has 0 radical (unpaired) electrons. The van der Waals surface area contributed by atoms with Gasteiger partial charge in [-0.2, -0.15) is 0 Å². The van der Waals surface area contributed by atoms with Gasteiger partial charge in [0.05, 0.1) is 11.3 Å². The van der Waals surface area contributed by atoms with Gasteiger partial charge in [0.2, 0.25) is 0 Å². The zero-order chi connectivity index (χ0) is 15.0. The lowest BCUT2D eigenvalue weighted by Crippen LogP contribution is -2.34. The largest absolute Gasteiger partial charge is 0.387 e. The van der Waals surface area contributed by atoms with Crippen molar-refractivity contribution in [3.63, 3.8) is 0 Å². The molecular weight excluding hydrogens is 262 g/mol. The van der Waals surface area contributed by atoms with Gasteiger partial charge in [0, 0.05) is 32.5 Å². The van der Waals surface area contributed by atoms with E-state index < -0.39 is 0 Å². The summed E-state index contributed by atoms with van der Waals surface area (Å²) in [6, 6.07) is 1.93. The van der Waals surface area contributed by atoms with E-state index in [4.69, 9.17) is 0 Å². The maximum atomic E-state index is 12.7. The third kappa shape index (κ3) is 2.76. The molecule has 0 spiro atoms. The van der Waals surface area contributed by atoms with Crippen LogP contribution in [0.1, 0.15) is 41.7 Å². The van der Waals surface area contributed by atoms with Gasteiger partial charge in [-0.15, -0.1) is 0 Å². The molecule has 0 aliphatic heterocycles. The Bertz CT molecular complexity index is 543. The van der Waals surface area contributed by atoms with E-state index >= 15 is 0 Å². The van der Waals surface area contributed by atoms with Crippen LogP contribution in [0.3, 0.4) is 0 Å². The maximum absolute atomic E-state index is 12.7. The smallest absolute Gasteiger partial charge is 0.257 e. The first-order valence-electron chi connectivity index (χ1n) is 7.98. The number of fused-ring (bicyclic) bond motifs is 2. The van der Waals surface area contributed by atoms with Gasteiger partial charge in [-0.05, 0) is 50.0 Å². The second-order valence-corrected chi connectivity index (χ2v) is 6.74. The highest BCUT2D eigenvalue weighted by molar-refractivity contribution is 5.99. The molecule has 3 atom stereocenters. The number of nitrogens with one attached hydrogen (secondary N) is 1. The average molecular weight is 287 g/mol. The molecule has 21 heavy (non-hydrogen) atoms. The van der Waals surface area contributed by atoms with E-state index in [1.54, 1.807) is 6.20 Å². The zero-order valence-corrected chi connectivity index (χ0v) is 13.2. The normalized spacial score (nSPS) is 26.9. The van der Waals surface area contributed by atoms with Crippen molar-refractivity contribution in [3.05, 3.63) is 23.5 Å². The fraction of sp³-hybridized carbons (Fsp3) is 0.647. The van der Waals surface area contributed by atoms with Gasteiger partial charge in [-0.1, -0.05) is 6.42 Å². The molecule has 2 aliphatic carbocycles. The van der Waals surface area contributed by atoms with E-state index in [0.29, 0.717) is 11.5 Å². The number of hydrogen-bond donors (Lipinski definition) is 1. The molecule has 1 aromatic heterocycles. The van der Waals surface area contributed by atoms with Gasteiger partial charge in [0.1, 0.15) is 0 Å². The van der Waals surface area contributed by atoms with Gasteiger partial charge in [0.15, 0.2) is 0 Å². The van der Waals surface area contributed by atoms with Gasteiger partial charge in [-0.25, -0.2) is 0 Å². The van der Waals surface area contributed by atoms with Crippen molar-refractivity contribution in [3.8, 4) is 0 Å². The maximum Gasteiger partial charge on any atom is 0.257 e. The average Bonchev–Trinajstić information content (AvgIpc) is 3.08. The summed E-state index contributed by atoms with van der Waals surface area (Å²) in [5.74, 6) is 2.56. The molecule has 2 saturated carbocycles. The van der Waals surface area contributed by atoms with Crippen molar-refractivity contribution < 1.29 is 4.79 Å².